The second-order valence-corrected chi connectivity index (χ2v) is 4.46. The maximum absolute atomic E-state index is 13.6. The van der Waals surface area contributed by atoms with Gasteiger partial charge in [0.2, 0.25) is 0 Å². The number of oxime groups is 1. The number of hydrogen-bond acceptors (Lipinski definition) is 2. The molecule has 15 heavy (non-hydrogen) atoms. The molecule has 0 spiro atoms. The first-order chi connectivity index (χ1) is 7.20. The van der Waals surface area contributed by atoms with E-state index in [4.69, 9.17) is 4.84 Å². The van der Waals surface area contributed by atoms with Crippen LogP contribution in [-0.4, -0.2) is 12.8 Å². The Morgan fingerprint density at radius 2 is 2.20 bits per heavy atom. The van der Waals surface area contributed by atoms with Crippen LogP contribution in [0.15, 0.2) is 21.8 Å². The van der Waals surface area contributed by atoms with E-state index in [1.54, 1.807) is 0 Å². The largest absolute Gasteiger partial charge is 0.399 e. The number of hydrogen-bond donors (Lipinski definition) is 0. The van der Waals surface area contributed by atoms with Gasteiger partial charge in [0, 0.05) is 10.9 Å². The molecule has 0 amide bonds. The lowest BCUT2D eigenvalue weighted by Gasteiger charge is -2.17. The van der Waals surface area contributed by atoms with Gasteiger partial charge in [0.1, 0.15) is 12.9 Å². The molecule has 0 heterocycles. The maximum Gasteiger partial charge on any atom is 0.128 e. The van der Waals surface area contributed by atoms with Crippen molar-refractivity contribution >= 4 is 21.6 Å². The lowest BCUT2D eigenvalue weighted by Crippen LogP contribution is -2.15. The van der Waals surface area contributed by atoms with Crippen LogP contribution in [0.4, 0.5) is 4.39 Å². The van der Waals surface area contributed by atoms with Gasteiger partial charge in [-0.3, -0.25) is 0 Å². The Morgan fingerprint density at radius 1 is 1.40 bits per heavy atom. The summed E-state index contributed by atoms with van der Waals surface area (Å²) in [6, 6.07) is 3.47. The first-order valence-electron chi connectivity index (χ1n) is 4.76. The number of fused-ring (bicyclic) bond motifs is 1. The topological polar surface area (TPSA) is 21.6 Å². The van der Waals surface area contributed by atoms with Crippen LogP contribution in [-0.2, 0) is 17.7 Å². The third-order valence-electron chi connectivity index (χ3n) is 2.54. The van der Waals surface area contributed by atoms with Crippen molar-refractivity contribution in [3.63, 3.8) is 0 Å². The van der Waals surface area contributed by atoms with Crippen molar-refractivity contribution in [1.82, 2.24) is 0 Å². The standard InChI is InChI=1S/C11H11BrFNO/c1-15-14-9-3-2-7-4-8(12)5-11(13)10(7)6-9/h4-5H,2-3,6H2,1H3/b14-9+. The summed E-state index contributed by atoms with van der Waals surface area (Å²) in [6.45, 7) is 0. The average Bonchev–Trinajstić information content (AvgIpc) is 2.19. The molecule has 0 radical (unpaired) electrons. The third-order valence-corrected chi connectivity index (χ3v) is 2.99. The summed E-state index contributed by atoms with van der Waals surface area (Å²) in [6.07, 6.45) is 2.23. The highest BCUT2D eigenvalue weighted by Gasteiger charge is 2.18. The number of nitrogens with zero attached hydrogens (tertiary/aromatic N) is 1. The van der Waals surface area contributed by atoms with Gasteiger partial charge in [0.05, 0.1) is 5.71 Å². The summed E-state index contributed by atoms with van der Waals surface area (Å²) in [5.74, 6) is -0.164. The predicted octanol–water partition coefficient (Wildman–Crippen LogP) is 3.08. The molecule has 4 heteroatoms. The van der Waals surface area contributed by atoms with Gasteiger partial charge in [0.25, 0.3) is 0 Å². The van der Waals surface area contributed by atoms with Crippen molar-refractivity contribution in [3.05, 3.63) is 33.5 Å². The molecular weight excluding hydrogens is 261 g/mol. The molecule has 0 fully saturated rings. The second kappa shape index (κ2) is 4.31. The Balaban J connectivity index is 2.37. The molecule has 0 aliphatic heterocycles. The molecule has 0 N–H and O–H groups in total. The molecule has 2 nitrogen and oxygen atoms in total. The van der Waals surface area contributed by atoms with Crippen LogP contribution < -0.4 is 0 Å². The number of aryl methyl sites for hydroxylation is 1. The summed E-state index contributed by atoms with van der Waals surface area (Å²) in [7, 11) is 1.51. The molecule has 0 atom stereocenters. The molecule has 80 valence electrons. The first-order valence-corrected chi connectivity index (χ1v) is 5.55. The fraction of sp³-hybridized carbons (Fsp3) is 0.364. The van der Waals surface area contributed by atoms with Crippen molar-refractivity contribution < 1.29 is 9.23 Å². The van der Waals surface area contributed by atoms with Crippen molar-refractivity contribution in [2.45, 2.75) is 19.3 Å². The molecular formula is C11H11BrFNO. The zero-order valence-electron chi connectivity index (χ0n) is 8.39. The van der Waals surface area contributed by atoms with E-state index in [0.717, 1.165) is 34.2 Å². The van der Waals surface area contributed by atoms with Crippen molar-refractivity contribution in [2.24, 2.45) is 5.16 Å². The lowest BCUT2D eigenvalue weighted by molar-refractivity contribution is 0.211. The van der Waals surface area contributed by atoms with E-state index in [2.05, 4.69) is 21.1 Å². The van der Waals surface area contributed by atoms with Gasteiger partial charge in [0.15, 0.2) is 0 Å². The van der Waals surface area contributed by atoms with Gasteiger partial charge in [-0.25, -0.2) is 4.39 Å². The van der Waals surface area contributed by atoms with Gasteiger partial charge < -0.3 is 4.84 Å². The minimum atomic E-state index is -0.164. The van der Waals surface area contributed by atoms with Crippen LogP contribution in [0.2, 0.25) is 0 Å². The summed E-state index contributed by atoms with van der Waals surface area (Å²) in [5.41, 5.74) is 2.73. The lowest BCUT2D eigenvalue weighted by atomic mass is 9.90. The van der Waals surface area contributed by atoms with Crippen LogP contribution >= 0.6 is 15.9 Å². The number of rotatable bonds is 1. The highest BCUT2D eigenvalue weighted by atomic mass is 79.9. The van der Waals surface area contributed by atoms with Crippen LogP contribution in [0.3, 0.4) is 0 Å². The van der Waals surface area contributed by atoms with Gasteiger partial charge in [-0.1, -0.05) is 21.1 Å². The third kappa shape index (κ3) is 2.20. The average molecular weight is 272 g/mol. The Bertz CT molecular complexity index is 417. The molecule has 1 aliphatic carbocycles. The van der Waals surface area contributed by atoms with E-state index in [1.165, 1.54) is 13.2 Å². The zero-order valence-corrected chi connectivity index (χ0v) is 9.97. The summed E-state index contributed by atoms with van der Waals surface area (Å²) >= 11 is 3.29. The monoisotopic (exact) mass is 271 g/mol. The van der Waals surface area contributed by atoms with Gasteiger partial charge in [-0.05, 0) is 36.1 Å². The van der Waals surface area contributed by atoms with E-state index < -0.39 is 0 Å². The Morgan fingerprint density at radius 3 is 2.93 bits per heavy atom. The number of halogens is 2. The second-order valence-electron chi connectivity index (χ2n) is 3.54. The summed E-state index contributed by atoms with van der Waals surface area (Å²) in [4.78, 5) is 4.72. The van der Waals surface area contributed by atoms with E-state index in [0.29, 0.717) is 6.42 Å². The molecule has 1 aliphatic rings. The van der Waals surface area contributed by atoms with Crippen molar-refractivity contribution in [2.75, 3.05) is 7.11 Å². The van der Waals surface area contributed by atoms with Crippen LogP contribution in [0.5, 0.6) is 0 Å². The van der Waals surface area contributed by atoms with Crippen LogP contribution in [0.1, 0.15) is 17.5 Å². The molecule has 1 aromatic carbocycles. The van der Waals surface area contributed by atoms with Crippen LogP contribution in [0, 0.1) is 5.82 Å². The normalized spacial score (nSPS) is 17.7. The fourth-order valence-electron chi connectivity index (χ4n) is 1.86. The SMILES string of the molecule is CO/N=C1\CCc2cc(Br)cc(F)c2C1. The number of benzene rings is 1. The van der Waals surface area contributed by atoms with Crippen molar-refractivity contribution in [3.8, 4) is 0 Å². The van der Waals surface area contributed by atoms with E-state index >= 15 is 0 Å². The highest BCUT2D eigenvalue weighted by molar-refractivity contribution is 9.10. The molecule has 1 aromatic rings. The van der Waals surface area contributed by atoms with Gasteiger partial charge in [-0.2, -0.15) is 0 Å². The Hall–Kier alpha value is -0.900. The minimum Gasteiger partial charge on any atom is -0.399 e. The van der Waals surface area contributed by atoms with E-state index in [1.807, 2.05) is 6.07 Å². The smallest absolute Gasteiger partial charge is 0.128 e. The quantitative estimate of drug-likeness (QED) is 0.720. The molecule has 0 saturated heterocycles. The van der Waals surface area contributed by atoms with E-state index in [9.17, 15) is 4.39 Å². The van der Waals surface area contributed by atoms with Crippen molar-refractivity contribution in [1.29, 1.82) is 0 Å². The molecule has 0 unspecified atom stereocenters. The Labute approximate surface area is 96.2 Å². The maximum atomic E-state index is 13.6. The predicted molar refractivity (Wildman–Crippen MR) is 60.6 cm³/mol. The van der Waals surface area contributed by atoms with Gasteiger partial charge >= 0.3 is 0 Å². The summed E-state index contributed by atoms with van der Waals surface area (Å²) < 4.78 is 14.4. The molecule has 0 saturated carbocycles. The fourth-order valence-corrected chi connectivity index (χ4v) is 2.33. The van der Waals surface area contributed by atoms with Gasteiger partial charge in [-0.15, -0.1) is 0 Å². The van der Waals surface area contributed by atoms with Crippen LogP contribution in [0.25, 0.3) is 0 Å². The zero-order chi connectivity index (χ0) is 10.8. The molecule has 2 rings (SSSR count). The van der Waals surface area contributed by atoms with E-state index in [-0.39, 0.29) is 5.82 Å². The molecule has 0 aromatic heterocycles. The highest BCUT2D eigenvalue weighted by Crippen LogP contribution is 2.26. The molecule has 0 bridgehead atoms. The Kier molecular flexibility index (Phi) is 3.05. The summed E-state index contributed by atoms with van der Waals surface area (Å²) in [5, 5.41) is 3.88. The minimum absolute atomic E-state index is 0.164. The first kappa shape index (κ1) is 10.6.